The lowest BCUT2D eigenvalue weighted by molar-refractivity contribution is 0.0213. The number of ether oxygens (including phenoxy) is 2. The Morgan fingerprint density at radius 1 is 1.44 bits per heavy atom. The van der Waals surface area contributed by atoms with Crippen molar-refractivity contribution in [1.29, 1.82) is 0 Å². The Balaban J connectivity index is 1.79. The van der Waals surface area contributed by atoms with Crippen LogP contribution in [0.2, 0.25) is 0 Å². The van der Waals surface area contributed by atoms with Gasteiger partial charge in [-0.1, -0.05) is 12.1 Å². The molecule has 1 unspecified atom stereocenters. The third-order valence-corrected chi connectivity index (χ3v) is 3.62. The van der Waals surface area contributed by atoms with Gasteiger partial charge < -0.3 is 9.47 Å². The van der Waals surface area contributed by atoms with Gasteiger partial charge in [0.1, 0.15) is 11.4 Å². The van der Waals surface area contributed by atoms with E-state index in [0.717, 1.165) is 31.4 Å². The molecule has 1 aromatic rings. The van der Waals surface area contributed by atoms with Crippen LogP contribution in [-0.2, 0) is 4.74 Å². The van der Waals surface area contributed by atoms with Crippen molar-refractivity contribution in [2.75, 3.05) is 6.61 Å². The van der Waals surface area contributed by atoms with Crippen molar-refractivity contribution in [2.24, 2.45) is 0 Å². The largest absolute Gasteiger partial charge is 0.490 e. The van der Waals surface area contributed by atoms with Crippen molar-refractivity contribution in [2.45, 2.75) is 44.3 Å². The Labute approximate surface area is 107 Å². The zero-order valence-corrected chi connectivity index (χ0v) is 10.6. The second-order valence-corrected chi connectivity index (χ2v) is 5.36. The fourth-order valence-corrected chi connectivity index (χ4v) is 2.35. The van der Waals surface area contributed by atoms with Gasteiger partial charge in [-0.05, 0) is 44.7 Å². The molecule has 3 nitrogen and oxygen atoms in total. The second kappa shape index (κ2) is 4.39. The number of benzene rings is 1. The van der Waals surface area contributed by atoms with E-state index in [4.69, 9.17) is 9.47 Å². The fourth-order valence-electron chi connectivity index (χ4n) is 2.35. The van der Waals surface area contributed by atoms with Crippen LogP contribution in [0.4, 0.5) is 0 Å². The van der Waals surface area contributed by atoms with E-state index in [1.165, 1.54) is 0 Å². The maximum Gasteiger partial charge on any atom is 0.194 e. The van der Waals surface area contributed by atoms with E-state index < -0.39 is 5.60 Å². The Morgan fingerprint density at radius 2 is 2.28 bits per heavy atom. The molecule has 3 heteroatoms. The van der Waals surface area contributed by atoms with Crippen molar-refractivity contribution in [3.63, 3.8) is 0 Å². The first-order valence-corrected chi connectivity index (χ1v) is 6.63. The molecule has 0 bridgehead atoms. The van der Waals surface area contributed by atoms with Crippen LogP contribution in [0.1, 0.15) is 43.0 Å². The highest BCUT2D eigenvalue weighted by molar-refractivity contribution is 6.02. The maximum atomic E-state index is 12.4. The highest BCUT2D eigenvalue weighted by atomic mass is 16.5. The van der Waals surface area contributed by atoms with Crippen LogP contribution in [0, 0.1) is 0 Å². The summed E-state index contributed by atoms with van der Waals surface area (Å²) in [7, 11) is 0. The summed E-state index contributed by atoms with van der Waals surface area (Å²) in [6.07, 6.45) is 4.37. The Hall–Kier alpha value is -1.35. The molecule has 1 atom stereocenters. The molecular formula is C15H18O3. The maximum absolute atomic E-state index is 12.4. The molecule has 96 valence electrons. The van der Waals surface area contributed by atoms with Crippen LogP contribution in [0.15, 0.2) is 24.3 Å². The number of carbonyl (C=O) groups excluding carboxylic acids is 1. The zero-order chi connectivity index (χ0) is 12.6. The molecule has 1 aliphatic heterocycles. The molecule has 0 N–H and O–H groups in total. The van der Waals surface area contributed by atoms with E-state index in [1.54, 1.807) is 0 Å². The van der Waals surface area contributed by atoms with Crippen LogP contribution >= 0.6 is 0 Å². The van der Waals surface area contributed by atoms with Crippen molar-refractivity contribution in [3.05, 3.63) is 29.8 Å². The standard InChI is InChI=1S/C15H18O3/c1-15(8-3-9-17-15)14(16)11-4-2-5-13(10-11)18-12-6-7-12/h2,4-5,10,12H,3,6-9H2,1H3. The van der Waals surface area contributed by atoms with Gasteiger partial charge in [-0.3, -0.25) is 4.79 Å². The minimum absolute atomic E-state index is 0.0706. The molecule has 2 fully saturated rings. The first-order valence-electron chi connectivity index (χ1n) is 6.63. The summed E-state index contributed by atoms with van der Waals surface area (Å²) in [4.78, 5) is 12.4. The van der Waals surface area contributed by atoms with Gasteiger partial charge in [0.25, 0.3) is 0 Å². The number of carbonyl (C=O) groups is 1. The highest BCUT2D eigenvalue weighted by Gasteiger charge is 2.38. The lowest BCUT2D eigenvalue weighted by Crippen LogP contribution is -2.34. The first kappa shape index (κ1) is 11.7. The molecule has 1 saturated heterocycles. The third-order valence-electron chi connectivity index (χ3n) is 3.62. The average molecular weight is 246 g/mol. The normalized spacial score (nSPS) is 27.2. The van der Waals surface area contributed by atoms with Crippen molar-refractivity contribution >= 4 is 5.78 Å². The van der Waals surface area contributed by atoms with Crippen molar-refractivity contribution < 1.29 is 14.3 Å². The van der Waals surface area contributed by atoms with Gasteiger partial charge in [0.05, 0.1) is 6.10 Å². The molecule has 1 heterocycles. The van der Waals surface area contributed by atoms with Crippen LogP contribution < -0.4 is 4.74 Å². The van der Waals surface area contributed by atoms with E-state index in [1.807, 2.05) is 31.2 Å². The molecule has 3 rings (SSSR count). The highest BCUT2D eigenvalue weighted by Crippen LogP contribution is 2.31. The summed E-state index contributed by atoms with van der Waals surface area (Å²) in [6.45, 7) is 2.57. The van der Waals surface area contributed by atoms with Crippen LogP contribution in [0.5, 0.6) is 5.75 Å². The van der Waals surface area contributed by atoms with E-state index >= 15 is 0 Å². The molecule has 1 aliphatic carbocycles. The summed E-state index contributed by atoms with van der Waals surface area (Å²) < 4.78 is 11.3. The van der Waals surface area contributed by atoms with E-state index in [9.17, 15) is 4.79 Å². The smallest absolute Gasteiger partial charge is 0.194 e. The molecule has 18 heavy (non-hydrogen) atoms. The third kappa shape index (κ3) is 2.27. The number of rotatable bonds is 4. The molecular weight excluding hydrogens is 228 g/mol. The molecule has 0 radical (unpaired) electrons. The van der Waals surface area contributed by atoms with Gasteiger partial charge in [-0.2, -0.15) is 0 Å². The molecule has 1 aromatic carbocycles. The average Bonchev–Trinajstić information content (AvgIpc) is 3.08. The van der Waals surface area contributed by atoms with Crippen LogP contribution in [0.3, 0.4) is 0 Å². The van der Waals surface area contributed by atoms with Gasteiger partial charge in [-0.25, -0.2) is 0 Å². The van der Waals surface area contributed by atoms with Crippen molar-refractivity contribution in [3.8, 4) is 5.75 Å². The summed E-state index contributed by atoms with van der Waals surface area (Å²) >= 11 is 0. The summed E-state index contributed by atoms with van der Waals surface area (Å²) in [5.74, 6) is 0.867. The van der Waals surface area contributed by atoms with Gasteiger partial charge in [-0.15, -0.1) is 0 Å². The van der Waals surface area contributed by atoms with Gasteiger partial charge in [0.2, 0.25) is 0 Å². The van der Waals surface area contributed by atoms with E-state index in [2.05, 4.69) is 0 Å². The van der Waals surface area contributed by atoms with Crippen LogP contribution in [0.25, 0.3) is 0 Å². The van der Waals surface area contributed by atoms with Gasteiger partial charge >= 0.3 is 0 Å². The van der Waals surface area contributed by atoms with Crippen LogP contribution in [-0.4, -0.2) is 24.1 Å². The molecule has 2 aliphatic rings. The quantitative estimate of drug-likeness (QED) is 0.766. The number of hydrogen-bond acceptors (Lipinski definition) is 3. The predicted molar refractivity (Wildman–Crippen MR) is 68.0 cm³/mol. The number of hydrogen-bond donors (Lipinski definition) is 0. The predicted octanol–water partition coefficient (Wildman–Crippen LogP) is 2.98. The van der Waals surface area contributed by atoms with Gasteiger partial charge in [0.15, 0.2) is 5.78 Å². The Kier molecular flexibility index (Phi) is 2.86. The molecule has 0 amide bonds. The number of Topliss-reactive ketones (excluding diaryl/α,β-unsaturated/α-hetero) is 1. The topological polar surface area (TPSA) is 35.5 Å². The zero-order valence-electron chi connectivity index (χ0n) is 10.6. The van der Waals surface area contributed by atoms with E-state index in [0.29, 0.717) is 18.3 Å². The van der Waals surface area contributed by atoms with E-state index in [-0.39, 0.29) is 5.78 Å². The van der Waals surface area contributed by atoms with Gasteiger partial charge in [0, 0.05) is 12.2 Å². The fraction of sp³-hybridized carbons (Fsp3) is 0.533. The first-order chi connectivity index (χ1) is 8.67. The molecule has 1 saturated carbocycles. The lowest BCUT2D eigenvalue weighted by Gasteiger charge is -2.21. The monoisotopic (exact) mass is 246 g/mol. The Morgan fingerprint density at radius 3 is 2.94 bits per heavy atom. The second-order valence-electron chi connectivity index (χ2n) is 5.36. The minimum atomic E-state index is -0.641. The Bertz CT molecular complexity index is 457. The lowest BCUT2D eigenvalue weighted by atomic mass is 9.92. The summed E-state index contributed by atoms with van der Waals surface area (Å²) in [6, 6.07) is 7.47. The SMILES string of the molecule is CC1(C(=O)c2cccc(OC3CC3)c2)CCCO1. The molecule has 0 aromatic heterocycles. The summed E-state index contributed by atoms with van der Waals surface area (Å²) in [5.41, 5.74) is 0.0515. The van der Waals surface area contributed by atoms with Crippen molar-refractivity contribution in [1.82, 2.24) is 0 Å². The molecule has 0 spiro atoms. The summed E-state index contributed by atoms with van der Waals surface area (Å²) in [5, 5.41) is 0. The number of ketones is 1. The minimum Gasteiger partial charge on any atom is -0.490 e.